The lowest BCUT2D eigenvalue weighted by Gasteiger charge is -2.14. The Labute approximate surface area is 129 Å². The van der Waals surface area contributed by atoms with Crippen molar-refractivity contribution in [3.8, 4) is 0 Å². The number of anilines is 1. The molecule has 1 aromatic heterocycles. The van der Waals surface area contributed by atoms with Crippen molar-refractivity contribution in [3.05, 3.63) is 45.9 Å². The van der Waals surface area contributed by atoms with Crippen molar-refractivity contribution in [3.63, 3.8) is 0 Å². The van der Waals surface area contributed by atoms with Gasteiger partial charge in [-0.1, -0.05) is 39.0 Å². The fourth-order valence-corrected chi connectivity index (χ4v) is 3.61. The van der Waals surface area contributed by atoms with Gasteiger partial charge in [0.15, 0.2) is 0 Å². The minimum atomic E-state index is -0.0387. The Morgan fingerprint density at radius 3 is 2.86 bits per heavy atom. The van der Waals surface area contributed by atoms with E-state index in [4.69, 9.17) is 0 Å². The Hall–Kier alpha value is -1.68. The molecule has 2 aromatic rings. The van der Waals surface area contributed by atoms with Crippen molar-refractivity contribution in [1.29, 1.82) is 0 Å². The number of carbonyl (C=O) groups excluding carboxylic acids is 1. The first-order chi connectivity index (χ1) is 9.95. The molecule has 1 unspecified atom stereocenters. The van der Waals surface area contributed by atoms with Gasteiger partial charge in [-0.2, -0.15) is 0 Å². The topological polar surface area (TPSA) is 42.0 Å². The Bertz CT molecular complexity index is 669. The molecule has 2 heterocycles. The van der Waals surface area contributed by atoms with Gasteiger partial charge in [-0.25, -0.2) is 4.98 Å². The van der Waals surface area contributed by atoms with Crippen LogP contribution >= 0.6 is 11.3 Å². The standard InChI is InChI=1S/C17H20N2OS/c1-17(2,3)15-10-21-16(19-15)8-14(20)12-9-18-13-7-5-4-6-11(12)13/h4-7,10,12,18H,8-9H2,1-3H3. The zero-order valence-corrected chi connectivity index (χ0v) is 13.5. The molecule has 0 spiro atoms. The van der Waals surface area contributed by atoms with E-state index in [1.807, 2.05) is 24.3 Å². The average Bonchev–Trinajstić information content (AvgIpc) is 3.03. The van der Waals surface area contributed by atoms with Gasteiger partial charge >= 0.3 is 0 Å². The summed E-state index contributed by atoms with van der Waals surface area (Å²) in [6.07, 6.45) is 0.432. The molecule has 3 rings (SSSR count). The second-order valence-corrected chi connectivity index (χ2v) is 7.48. The molecule has 3 nitrogen and oxygen atoms in total. The molecular formula is C17H20N2OS. The van der Waals surface area contributed by atoms with E-state index >= 15 is 0 Å². The van der Waals surface area contributed by atoms with Crippen LogP contribution in [0.15, 0.2) is 29.6 Å². The second-order valence-electron chi connectivity index (χ2n) is 6.54. The van der Waals surface area contributed by atoms with Gasteiger partial charge in [0.2, 0.25) is 0 Å². The lowest BCUT2D eigenvalue weighted by molar-refractivity contribution is -0.119. The molecule has 0 radical (unpaired) electrons. The van der Waals surface area contributed by atoms with Crippen LogP contribution in [0, 0.1) is 0 Å². The van der Waals surface area contributed by atoms with E-state index in [9.17, 15) is 4.79 Å². The normalized spacial score (nSPS) is 17.4. The number of nitrogens with zero attached hydrogens (tertiary/aromatic N) is 1. The van der Waals surface area contributed by atoms with Crippen LogP contribution in [0.4, 0.5) is 5.69 Å². The maximum atomic E-state index is 12.6. The van der Waals surface area contributed by atoms with Gasteiger partial charge in [-0.3, -0.25) is 4.79 Å². The zero-order valence-electron chi connectivity index (χ0n) is 12.6. The summed E-state index contributed by atoms with van der Waals surface area (Å²) < 4.78 is 0. The Kier molecular flexibility index (Phi) is 3.57. The van der Waals surface area contributed by atoms with Crippen molar-refractivity contribution in [1.82, 2.24) is 4.98 Å². The van der Waals surface area contributed by atoms with Crippen LogP contribution in [-0.4, -0.2) is 17.3 Å². The molecule has 0 saturated heterocycles. The van der Waals surface area contributed by atoms with Gasteiger partial charge in [-0.15, -0.1) is 11.3 Å². The summed E-state index contributed by atoms with van der Waals surface area (Å²) in [5.41, 5.74) is 3.32. The fourth-order valence-electron chi connectivity index (χ4n) is 2.58. The highest BCUT2D eigenvalue weighted by Crippen LogP contribution is 2.33. The van der Waals surface area contributed by atoms with Crippen molar-refractivity contribution < 1.29 is 4.79 Å². The van der Waals surface area contributed by atoms with Gasteiger partial charge < -0.3 is 5.32 Å². The number of para-hydroxylation sites is 1. The molecule has 1 atom stereocenters. The van der Waals surface area contributed by atoms with Crippen molar-refractivity contribution in [2.24, 2.45) is 0 Å². The number of benzene rings is 1. The number of ketones is 1. The third-order valence-corrected chi connectivity index (χ3v) is 4.72. The summed E-state index contributed by atoms with van der Waals surface area (Å²) in [4.78, 5) is 17.2. The molecule has 0 fully saturated rings. The van der Waals surface area contributed by atoms with Crippen LogP contribution in [0.3, 0.4) is 0 Å². The summed E-state index contributed by atoms with van der Waals surface area (Å²) in [5.74, 6) is 0.213. The van der Waals surface area contributed by atoms with Crippen LogP contribution in [-0.2, 0) is 16.6 Å². The predicted molar refractivity (Wildman–Crippen MR) is 87.2 cm³/mol. The highest BCUT2D eigenvalue weighted by molar-refractivity contribution is 7.09. The third kappa shape index (κ3) is 2.86. The van der Waals surface area contributed by atoms with Gasteiger partial charge in [-0.05, 0) is 11.6 Å². The number of Topliss-reactive ketones (excluding diaryl/α,β-unsaturated/α-hetero) is 1. The van der Waals surface area contributed by atoms with E-state index < -0.39 is 0 Å². The summed E-state index contributed by atoms with van der Waals surface area (Å²) >= 11 is 1.59. The number of nitrogens with one attached hydrogen (secondary N) is 1. The molecule has 4 heteroatoms. The van der Waals surface area contributed by atoms with Crippen molar-refractivity contribution >= 4 is 22.8 Å². The molecule has 0 saturated carbocycles. The van der Waals surface area contributed by atoms with E-state index in [1.165, 1.54) is 0 Å². The number of hydrogen-bond acceptors (Lipinski definition) is 4. The molecule has 1 aromatic carbocycles. The molecule has 110 valence electrons. The molecule has 0 amide bonds. The first-order valence-electron chi connectivity index (χ1n) is 7.25. The van der Waals surface area contributed by atoms with E-state index in [0.717, 1.165) is 22.0 Å². The molecule has 0 aliphatic carbocycles. The van der Waals surface area contributed by atoms with Crippen molar-refractivity contribution in [2.45, 2.75) is 38.5 Å². The minimum absolute atomic E-state index is 0.0387. The SMILES string of the molecule is CC(C)(C)c1csc(CC(=O)C2CNc3ccccc32)n1. The van der Waals surface area contributed by atoms with Crippen molar-refractivity contribution in [2.75, 3.05) is 11.9 Å². The van der Waals surface area contributed by atoms with Gasteiger partial charge in [0.25, 0.3) is 0 Å². The number of rotatable bonds is 3. The third-order valence-electron chi connectivity index (χ3n) is 3.87. The summed E-state index contributed by atoms with van der Waals surface area (Å²) in [6.45, 7) is 7.13. The second kappa shape index (κ2) is 5.26. The molecule has 1 N–H and O–H groups in total. The lowest BCUT2D eigenvalue weighted by atomic mass is 9.93. The van der Waals surface area contributed by atoms with Crippen LogP contribution in [0.1, 0.15) is 43.0 Å². The van der Waals surface area contributed by atoms with E-state index in [-0.39, 0.29) is 17.1 Å². The largest absolute Gasteiger partial charge is 0.384 e. The summed E-state index contributed by atoms with van der Waals surface area (Å²) in [6, 6.07) is 8.06. The molecule has 1 aliphatic rings. The van der Waals surface area contributed by atoms with Gasteiger partial charge in [0.1, 0.15) is 10.8 Å². The molecule has 1 aliphatic heterocycles. The predicted octanol–water partition coefficient (Wildman–Crippen LogP) is 3.76. The summed E-state index contributed by atoms with van der Waals surface area (Å²) in [7, 11) is 0. The van der Waals surface area contributed by atoms with Crippen LogP contribution in [0.5, 0.6) is 0 Å². The first-order valence-corrected chi connectivity index (χ1v) is 8.13. The van der Waals surface area contributed by atoms with Crippen LogP contribution in [0.25, 0.3) is 0 Å². The number of thiazole rings is 1. The molecule has 0 bridgehead atoms. The van der Waals surface area contributed by atoms with Crippen LogP contribution in [0.2, 0.25) is 0 Å². The maximum Gasteiger partial charge on any atom is 0.148 e. The van der Waals surface area contributed by atoms with E-state index in [0.29, 0.717) is 13.0 Å². The highest BCUT2D eigenvalue weighted by atomic mass is 32.1. The number of hydrogen-bond donors (Lipinski definition) is 1. The number of fused-ring (bicyclic) bond motifs is 1. The molecule has 21 heavy (non-hydrogen) atoms. The number of aromatic nitrogens is 1. The Morgan fingerprint density at radius 2 is 2.14 bits per heavy atom. The Morgan fingerprint density at radius 1 is 1.38 bits per heavy atom. The lowest BCUT2D eigenvalue weighted by Crippen LogP contribution is -2.17. The maximum absolute atomic E-state index is 12.6. The van der Waals surface area contributed by atoms with E-state index in [2.05, 4.69) is 36.5 Å². The fraction of sp³-hybridized carbons (Fsp3) is 0.412. The average molecular weight is 300 g/mol. The Balaban J connectivity index is 1.75. The van der Waals surface area contributed by atoms with Gasteiger partial charge in [0.05, 0.1) is 18.0 Å². The monoisotopic (exact) mass is 300 g/mol. The van der Waals surface area contributed by atoms with Crippen LogP contribution < -0.4 is 5.32 Å². The first kappa shape index (κ1) is 14.3. The van der Waals surface area contributed by atoms with Gasteiger partial charge in [0, 0.05) is 23.0 Å². The quantitative estimate of drug-likeness (QED) is 0.938. The minimum Gasteiger partial charge on any atom is -0.384 e. The summed E-state index contributed by atoms with van der Waals surface area (Å²) in [5, 5.41) is 6.31. The zero-order chi connectivity index (χ0) is 15.0. The smallest absolute Gasteiger partial charge is 0.148 e. The number of carbonyl (C=O) groups is 1. The highest BCUT2D eigenvalue weighted by Gasteiger charge is 2.28. The van der Waals surface area contributed by atoms with E-state index in [1.54, 1.807) is 11.3 Å². The molecular weight excluding hydrogens is 280 g/mol.